The van der Waals surface area contributed by atoms with Crippen LogP contribution < -0.4 is 5.32 Å². The van der Waals surface area contributed by atoms with Gasteiger partial charge in [-0.2, -0.15) is 11.8 Å². The lowest BCUT2D eigenvalue weighted by molar-refractivity contribution is -0.137. The normalized spacial score (nSPS) is 21.7. The Labute approximate surface area is 124 Å². The Balaban J connectivity index is 1.76. The fourth-order valence-corrected chi connectivity index (χ4v) is 4.63. The van der Waals surface area contributed by atoms with Gasteiger partial charge in [0.2, 0.25) is 0 Å². The van der Waals surface area contributed by atoms with E-state index in [0.29, 0.717) is 13.0 Å². The number of carboxylic acids is 1. The second-order valence-electron chi connectivity index (χ2n) is 5.74. The van der Waals surface area contributed by atoms with Gasteiger partial charge < -0.3 is 15.3 Å². The molecule has 1 spiro atoms. The average molecular weight is 300 g/mol. The number of carboxylic acid groups (broad SMARTS) is 1. The standard InChI is InChI=1S/C14H24N2O3S/c17-12(18)5-4-8-15-13(19)16-9-10-20-14(11-16)6-2-1-3-7-14/h1-11H2,(H,15,19)(H,17,18). The van der Waals surface area contributed by atoms with Gasteiger partial charge in [0.15, 0.2) is 0 Å². The second-order valence-corrected chi connectivity index (χ2v) is 7.31. The minimum absolute atomic E-state index is 0.0272. The fourth-order valence-electron chi connectivity index (χ4n) is 3.06. The molecule has 0 aromatic rings. The van der Waals surface area contributed by atoms with Crippen molar-refractivity contribution in [1.29, 1.82) is 0 Å². The van der Waals surface area contributed by atoms with Crippen molar-refractivity contribution in [2.45, 2.75) is 49.7 Å². The molecule has 1 heterocycles. The zero-order chi connectivity index (χ0) is 14.4. The van der Waals surface area contributed by atoms with E-state index >= 15 is 0 Å². The zero-order valence-corrected chi connectivity index (χ0v) is 12.7. The maximum Gasteiger partial charge on any atom is 0.317 e. The van der Waals surface area contributed by atoms with Gasteiger partial charge in [0.25, 0.3) is 0 Å². The molecule has 0 unspecified atom stereocenters. The summed E-state index contributed by atoms with van der Waals surface area (Å²) in [5, 5.41) is 11.4. The molecule has 1 saturated carbocycles. The van der Waals surface area contributed by atoms with Gasteiger partial charge in [-0.1, -0.05) is 19.3 Å². The Kier molecular flexibility index (Phi) is 5.57. The monoisotopic (exact) mass is 300 g/mol. The molecule has 2 N–H and O–H groups in total. The molecule has 0 aromatic carbocycles. The Bertz CT molecular complexity index is 351. The van der Waals surface area contributed by atoms with E-state index in [9.17, 15) is 9.59 Å². The van der Waals surface area contributed by atoms with E-state index in [0.717, 1.165) is 18.8 Å². The van der Waals surface area contributed by atoms with E-state index in [-0.39, 0.29) is 17.2 Å². The molecule has 2 aliphatic rings. The SMILES string of the molecule is O=C(O)CCCNC(=O)N1CCSC2(CCCCC2)C1. The van der Waals surface area contributed by atoms with Crippen molar-refractivity contribution >= 4 is 23.8 Å². The zero-order valence-electron chi connectivity index (χ0n) is 11.9. The number of thioether (sulfide) groups is 1. The number of amides is 2. The summed E-state index contributed by atoms with van der Waals surface area (Å²) < 4.78 is 0.287. The van der Waals surface area contributed by atoms with E-state index in [2.05, 4.69) is 5.32 Å². The topological polar surface area (TPSA) is 69.6 Å². The van der Waals surface area contributed by atoms with Gasteiger partial charge in [0.05, 0.1) is 0 Å². The van der Waals surface area contributed by atoms with Gasteiger partial charge in [-0.05, 0) is 19.3 Å². The van der Waals surface area contributed by atoms with Crippen LogP contribution in [0.4, 0.5) is 4.79 Å². The van der Waals surface area contributed by atoms with Crippen LogP contribution >= 0.6 is 11.8 Å². The predicted octanol–water partition coefficient (Wildman–Crippen LogP) is 2.31. The van der Waals surface area contributed by atoms with Crippen LogP contribution in [-0.4, -0.2) is 52.1 Å². The van der Waals surface area contributed by atoms with E-state index in [1.807, 2.05) is 16.7 Å². The number of hydrogen-bond donors (Lipinski definition) is 2. The van der Waals surface area contributed by atoms with Crippen LogP contribution in [0.2, 0.25) is 0 Å². The Morgan fingerprint density at radius 3 is 2.70 bits per heavy atom. The van der Waals surface area contributed by atoms with Gasteiger partial charge >= 0.3 is 12.0 Å². The van der Waals surface area contributed by atoms with Crippen molar-refractivity contribution in [3.63, 3.8) is 0 Å². The van der Waals surface area contributed by atoms with Crippen LogP contribution in [0.5, 0.6) is 0 Å². The minimum Gasteiger partial charge on any atom is -0.481 e. The molecule has 2 fully saturated rings. The molecule has 20 heavy (non-hydrogen) atoms. The van der Waals surface area contributed by atoms with Crippen molar-refractivity contribution in [1.82, 2.24) is 10.2 Å². The summed E-state index contributed by atoms with van der Waals surface area (Å²) in [4.78, 5) is 24.5. The molecule has 0 aromatic heterocycles. The molecule has 6 heteroatoms. The summed E-state index contributed by atoms with van der Waals surface area (Å²) in [5.74, 6) is 0.206. The van der Waals surface area contributed by atoms with Crippen LogP contribution in [0.15, 0.2) is 0 Å². The van der Waals surface area contributed by atoms with Crippen LogP contribution in [0.1, 0.15) is 44.9 Å². The van der Waals surface area contributed by atoms with E-state index in [1.54, 1.807) is 0 Å². The molecule has 0 bridgehead atoms. The molecule has 0 atom stereocenters. The average Bonchev–Trinajstić information content (AvgIpc) is 2.44. The Morgan fingerprint density at radius 2 is 2.00 bits per heavy atom. The molecule has 2 amide bonds. The smallest absolute Gasteiger partial charge is 0.317 e. The Morgan fingerprint density at radius 1 is 1.25 bits per heavy atom. The van der Waals surface area contributed by atoms with Gasteiger partial charge in [0.1, 0.15) is 0 Å². The highest BCUT2D eigenvalue weighted by molar-refractivity contribution is 8.00. The number of rotatable bonds is 4. The third kappa shape index (κ3) is 4.30. The van der Waals surface area contributed by atoms with Crippen LogP contribution in [0.3, 0.4) is 0 Å². The lowest BCUT2D eigenvalue weighted by Crippen LogP contribution is -2.52. The highest BCUT2D eigenvalue weighted by Gasteiger charge is 2.38. The maximum absolute atomic E-state index is 12.1. The second kappa shape index (κ2) is 7.20. The number of carbonyl (C=O) groups is 2. The molecule has 0 radical (unpaired) electrons. The third-order valence-corrected chi connectivity index (χ3v) is 5.68. The van der Waals surface area contributed by atoms with Gasteiger partial charge in [-0.3, -0.25) is 4.79 Å². The van der Waals surface area contributed by atoms with Gasteiger partial charge in [-0.15, -0.1) is 0 Å². The van der Waals surface area contributed by atoms with Gasteiger partial charge in [0, 0.05) is 36.6 Å². The molecular formula is C14H24N2O3S. The number of aliphatic carboxylic acids is 1. The summed E-state index contributed by atoms with van der Waals surface area (Å²) in [7, 11) is 0. The largest absolute Gasteiger partial charge is 0.481 e. The molecule has 2 rings (SSSR count). The number of nitrogens with one attached hydrogen (secondary N) is 1. The first-order chi connectivity index (χ1) is 9.61. The highest BCUT2D eigenvalue weighted by Crippen LogP contribution is 2.42. The van der Waals surface area contributed by atoms with E-state index in [1.165, 1.54) is 32.1 Å². The highest BCUT2D eigenvalue weighted by atomic mass is 32.2. The summed E-state index contributed by atoms with van der Waals surface area (Å²) in [5.41, 5.74) is 0. The first-order valence-corrected chi connectivity index (χ1v) is 8.48. The van der Waals surface area contributed by atoms with Crippen LogP contribution in [-0.2, 0) is 4.79 Å². The van der Waals surface area contributed by atoms with E-state index in [4.69, 9.17) is 5.11 Å². The van der Waals surface area contributed by atoms with Crippen molar-refractivity contribution in [3.8, 4) is 0 Å². The predicted molar refractivity (Wildman–Crippen MR) is 80.1 cm³/mol. The first-order valence-electron chi connectivity index (χ1n) is 7.50. The van der Waals surface area contributed by atoms with Crippen LogP contribution in [0.25, 0.3) is 0 Å². The van der Waals surface area contributed by atoms with Crippen molar-refractivity contribution in [2.24, 2.45) is 0 Å². The number of urea groups is 1. The van der Waals surface area contributed by atoms with Crippen LogP contribution in [0, 0.1) is 0 Å². The van der Waals surface area contributed by atoms with Crippen molar-refractivity contribution in [2.75, 3.05) is 25.4 Å². The lowest BCUT2D eigenvalue weighted by atomic mass is 9.87. The molecule has 114 valence electrons. The molecule has 1 aliphatic heterocycles. The summed E-state index contributed by atoms with van der Waals surface area (Å²) in [6.07, 6.45) is 6.93. The van der Waals surface area contributed by atoms with Crippen molar-refractivity contribution in [3.05, 3.63) is 0 Å². The molecular weight excluding hydrogens is 276 g/mol. The van der Waals surface area contributed by atoms with E-state index < -0.39 is 5.97 Å². The summed E-state index contributed by atoms with van der Waals surface area (Å²) >= 11 is 2.04. The number of carbonyl (C=O) groups excluding carboxylic acids is 1. The summed E-state index contributed by atoms with van der Waals surface area (Å²) in [6, 6.07) is -0.0272. The number of hydrogen-bond acceptors (Lipinski definition) is 3. The maximum atomic E-state index is 12.1. The summed E-state index contributed by atoms with van der Waals surface area (Å²) in [6.45, 7) is 2.10. The molecule has 5 nitrogen and oxygen atoms in total. The Hall–Kier alpha value is -0.910. The molecule has 1 saturated heterocycles. The van der Waals surface area contributed by atoms with Gasteiger partial charge in [-0.25, -0.2) is 4.79 Å². The molecule has 1 aliphatic carbocycles. The number of nitrogens with zero attached hydrogens (tertiary/aromatic N) is 1. The fraction of sp³-hybridized carbons (Fsp3) is 0.857. The van der Waals surface area contributed by atoms with Crippen molar-refractivity contribution < 1.29 is 14.7 Å². The minimum atomic E-state index is -0.810. The third-order valence-electron chi connectivity index (χ3n) is 4.14. The lowest BCUT2D eigenvalue weighted by Gasteiger charge is -2.44. The first kappa shape index (κ1) is 15.5. The quantitative estimate of drug-likeness (QED) is 0.782.